The molecule has 0 saturated carbocycles. The average molecular weight is 319 g/mol. The minimum absolute atomic E-state index is 0.0464. The number of rotatable bonds is 4. The van der Waals surface area contributed by atoms with Gasteiger partial charge in [-0.05, 0) is 12.1 Å². The van der Waals surface area contributed by atoms with Crippen molar-refractivity contribution in [3.05, 3.63) is 41.3 Å². The number of benzene rings is 1. The third-order valence-corrected chi connectivity index (χ3v) is 2.52. The molecule has 1 aromatic carbocycles. The van der Waals surface area contributed by atoms with Crippen LogP contribution in [-0.2, 0) is 6.42 Å². The second kappa shape index (κ2) is 6.17. The van der Waals surface area contributed by atoms with Crippen LogP contribution in [0.5, 0.6) is 17.4 Å². The Morgan fingerprint density at radius 3 is 2.43 bits per heavy atom. The van der Waals surface area contributed by atoms with Crippen LogP contribution < -0.4 is 9.47 Å². The SMILES string of the molecule is CCc1nc(Cl)cc(Oc2ccccc2OC(F)(F)F)n1. The van der Waals surface area contributed by atoms with Crippen molar-refractivity contribution in [1.29, 1.82) is 0 Å². The first-order chi connectivity index (χ1) is 9.87. The van der Waals surface area contributed by atoms with Crippen LogP contribution in [0.3, 0.4) is 0 Å². The van der Waals surface area contributed by atoms with Gasteiger partial charge in [-0.15, -0.1) is 13.2 Å². The van der Waals surface area contributed by atoms with Crippen molar-refractivity contribution in [1.82, 2.24) is 9.97 Å². The molecule has 112 valence electrons. The number of aromatic nitrogens is 2. The van der Waals surface area contributed by atoms with Gasteiger partial charge in [0, 0.05) is 12.5 Å². The molecule has 2 rings (SSSR count). The molecule has 8 heteroatoms. The van der Waals surface area contributed by atoms with Gasteiger partial charge < -0.3 is 9.47 Å². The molecule has 0 atom stereocenters. The van der Waals surface area contributed by atoms with E-state index in [1.54, 1.807) is 0 Å². The Hall–Kier alpha value is -2.02. The van der Waals surface area contributed by atoms with Gasteiger partial charge in [0.15, 0.2) is 11.5 Å². The van der Waals surface area contributed by atoms with Gasteiger partial charge in [0.05, 0.1) is 0 Å². The van der Waals surface area contributed by atoms with Crippen LogP contribution in [0.2, 0.25) is 5.15 Å². The summed E-state index contributed by atoms with van der Waals surface area (Å²) in [7, 11) is 0. The van der Waals surface area contributed by atoms with E-state index in [0.717, 1.165) is 6.07 Å². The molecule has 0 aliphatic heterocycles. The molecular weight excluding hydrogens is 309 g/mol. The molecule has 0 aliphatic carbocycles. The van der Waals surface area contributed by atoms with Crippen molar-refractivity contribution >= 4 is 11.6 Å². The number of halogens is 4. The quantitative estimate of drug-likeness (QED) is 0.785. The molecule has 21 heavy (non-hydrogen) atoms. The molecule has 1 aromatic heterocycles. The van der Waals surface area contributed by atoms with E-state index in [-0.39, 0.29) is 16.8 Å². The van der Waals surface area contributed by atoms with Gasteiger partial charge in [0.25, 0.3) is 0 Å². The molecule has 2 aromatic rings. The number of para-hydroxylation sites is 2. The standard InChI is InChI=1S/C13H10ClF3N2O2/c1-2-11-18-10(14)7-12(19-11)20-8-5-3-4-6-9(8)21-13(15,16)17/h3-7H,2H2,1H3. The molecule has 4 nitrogen and oxygen atoms in total. The molecule has 0 aliphatic rings. The van der Waals surface area contributed by atoms with E-state index in [9.17, 15) is 13.2 Å². The summed E-state index contributed by atoms with van der Waals surface area (Å²) < 4.78 is 46.2. The summed E-state index contributed by atoms with van der Waals surface area (Å²) in [5.41, 5.74) is 0. The lowest BCUT2D eigenvalue weighted by Crippen LogP contribution is -2.17. The predicted molar refractivity (Wildman–Crippen MR) is 69.6 cm³/mol. The summed E-state index contributed by atoms with van der Waals surface area (Å²) in [4.78, 5) is 7.97. The van der Waals surface area contributed by atoms with E-state index in [4.69, 9.17) is 16.3 Å². The molecule has 0 saturated heterocycles. The summed E-state index contributed by atoms with van der Waals surface area (Å²) in [6.45, 7) is 1.82. The molecule has 0 amide bonds. The molecular formula is C13H10ClF3N2O2. The van der Waals surface area contributed by atoms with Crippen molar-refractivity contribution in [2.75, 3.05) is 0 Å². The lowest BCUT2D eigenvalue weighted by Gasteiger charge is -2.13. The number of nitrogens with zero attached hydrogens (tertiary/aromatic N) is 2. The van der Waals surface area contributed by atoms with Crippen LogP contribution in [0.15, 0.2) is 30.3 Å². The summed E-state index contributed by atoms with van der Waals surface area (Å²) in [5, 5.41) is 0.145. The topological polar surface area (TPSA) is 44.2 Å². The number of ether oxygens (including phenoxy) is 2. The van der Waals surface area contributed by atoms with Crippen LogP contribution in [0.1, 0.15) is 12.7 Å². The van der Waals surface area contributed by atoms with Gasteiger partial charge in [-0.2, -0.15) is 4.98 Å². The number of aryl methyl sites for hydroxylation is 1. The van der Waals surface area contributed by atoms with E-state index in [1.807, 2.05) is 6.92 Å². The highest BCUT2D eigenvalue weighted by Gasteiger charge is 2.32. The second-order valence-electron chi connectivity index (χ2n) is 3.90. The maximum absolute atomic E-state index is 12.3. The van der Waals surface area contributed by atoms with E-state index < -0.39 is 12.1 Å². The summed E-state index contributed by atoms with van der Waals surface area (Å²) >= 11 is 5.80. The van der Waals surface area contributed by atoms with Crippen molar-refractivity contribution in [2.45, 2.75) is 19.7 Å². The molecule has 1 heterocycles. The van der Waals surface area contributed by atoms with Gasteiger partial charge in [-0.1, -0.05) is 30.7 Å². The molecule has 0 fully saturated rings. The van der Waals surface area contributed by atoms with Crippen LogP contribution in [0.25, 0.3) is 0 Å². The van der Waals surface area contributed by atoms with E-state index in [2.05, 4.69) is 14.7 Å². The van der Waals surface area contributed by atoms with Gasteiger partial charge in [-0.25, -0.2) is 4.98 Å². The van der Waals surface area contributed by atoms with Gasteiger partial charge >= 0.3 is 6.36 Å². The van der Waals surface area contributed by atoms with Crippen LogP contribution >= 0.6 is 11.6 Å². The van der Waals surface area contributed by atoms with E-state index in [1.165, 1.54) is 24.3 Å². The lowest BCUT2D eigenvalue weighted by molar-refractivity contribution is -0.275. The van der Waals surface area contributed by atoms with Crippen LogP contribution in [0, 0.1) is 0 Å². The number of hydrogen-bond acceptors (Lipinski definition) is 4. The fourth-order valence-electron chi connectivity index (χ4n) is 1.51. The summed E-state index contributed by atoms with van der Waals surface area (Å²) in [6.07, 6.45) is -4.30. The first-order valence-electron chi connectivity index (χ1n) is 5.93. The fraction of sp³-hybridized carbons (Fsp3) is 0.231. The Morgan fingerprint density at radius 1 is 1.14 bits per heavy atom. The Kier molecular flexibility index (Phi) is 4.52. The fourth-order valence-corrected chi connectivity index (χ4v) is 1.70. The van der Waals surface area contributed by atoms with Crippen molar-refractivity contribution < 1.29 is 22.6 Å². The summed E-state index contributed by atoms with van der Waals surface area (Å²) in [5.74, 6) is -0.110. The van der Waals surface area contributed by atoms with Crippen LogP contribution in [0.4, 0.5) is 13.2 Å². The maximum Gasteiger partial charge on any atom is 0.573 e. The highest BCUT2D eigenvalue weighted by molar-refractivity contribution is 6.29. The lowest BCUT2D eigenvalue weighted by atomic mass is 10.3. The van der Waals surface area contributed by atoms with Gasteiger partial charge in [0.2, 0.25) is 5.88 Å². The smallest absolute Gasteiger partial charge is 0.435 e. The zero-order chi connectivity index (χ0) is 15.5. The Labute approximate surface area is 123 Å². The highest BCUT2D eigenvalue weighted by atomic mass is 35.5. The average Bonchev–Trinajstić information content (AvgIpc) is 2.38. The first-order valence-corrected chi connectivity index (χ1v) is 6.31. The normalized spacial score (nSPS) is 11.3. The largest absolute Gasteiger partial charge is 0.573 e. The zero-order valence-corrected chi connectivity index (χ0v) is 11.6. The monoisotopic (exact) mass is 318 g/mol. The third kappa shape index (κ3) is 4.49. The Balaban J connectivity index is 2.29. The highest BCUT2D eigenvalue weighted by Crippen LogP contribution is 2.34. The number of hydrogen-bond donors (Lipinski definition) is 0. The second-order valence-corrected chi connectivity index (χ2v) is 4.28. The molecule has 0 radical (unpaired) electrons. The third-order valence-electron chi connectivity index (χ3n) is 2.32. The van der Waals surface area contributed by atoms with Gasteiger partial charge in [0.1, 0.15) is 11.0 Å². The Morgan fingerprint density at radius 2 is 1.81 bits per heavy atom. The zero-order valence-electron chi connectivity index (χ0n) is 10.8. The van der Waals surface area contributed by atoms with E-state index in [0.29, 0.717) is 12.2 Å². The predicted octanol–water partition coefficient (Wildman–Crippen LogP) is 4.38. The van der Waals surface area contributed by atoms with Crippen LogP contribution in [-0.4, -0.2) is 16.3 Å². The molecule has 0 N–H and O–H groups in total. The minimum atomic E-state index is -4.81. The minimum Gasteiger partial charge on any atom is -0.435 e. The maximum atomic E-state index is 12.3. The molecule has 0 spiro atoms. The van der Waals surface area contributed by atoms with Gasteiger partial charge in [-0.3, -0.25) is 0 Å². The van der Waals surface area contributed by atoms with Crippen molar-refractivity contribution in [2.24, 2.45) is 0 Å². The summed E-state index contributed by atoms with van der Waals surface area (Å²) in [6, 6.07) is 6.71. The van der Waals surface area contributed by atoms with Crippen molar-refractivity contribution in [3.63, 3.8) is 0 Å². The van der Waals surface area contributed by atoms with E-state index >= 15 is 0 Å². The first kappa shape index (κ1) is 15.4. The number of alkyl halides is 3. The Bertz CT molecular complexity index is 635. The van der Waals surface area contributed by atoms with Crippen molar-refractivity contribution in [3.8, 4) is 17.4 Å². The molecule has 0 unspecified atom stereocenters. The molecule has 0 bridgehead atoms.